The van der Waals surface area contributed by atoms with Crippen LogP contribution in [0, 0.1) is 6.92 Å². The molecule has 3 nitrogen and oxygen atoms in total. The first-order chi connectivity index (χ1) is 7.58. The first-order valence-corrected chi connectivity index (χ1v) is 6.25. The Morgan fingerprint density at radius 1 is 1.50 bits per heavy atom. The van der Waals surface area contributed by atoms with Crippen molar-refractivity contribution in [2.75, 3.05) is 11.9 Å². The van der Waals surface area contributed by atoms with Crippen molar-refractivity contribution in [2.24, 2.45) is 0 Å². The molecule has 2 rings (SSSR count). The van der Waals surface area contributed by atoms with E-state index in [0.29, 0.717) is 0 Å². The van der Waals surface area contributed by atoms with Gasteiger partial charge in [-0.05, 0) is 18.4 Å². The highest BCUT2D eigenvalue weighted by molar-refractivity contribution is 7.10. The third-order valence-electron chi connectivity index (χ3n) is 2.59. The highest BCUT2D eigenvalue weighted by Gasteiger charge is 2.21. The molecule has 0 fully saturated rings. The average Bonchev–Trinajstić information content (AvgIpc) is 2.85. The van der Waals surface area contributed by atoms with Gasteiger partial charge in [-0.1, -0.05) is 19.9 Å². The monoisotopic (exact) mass is 235 g/mol. The molecule has 2 N–H and O–H groups in total. The van der Waals surface area contributed by atoms with Crippen LogP contribution in [-0.4, -0.2) is 16.5 Å². The summed E-state index contributed by atoms with van der Waals surface area (Å²) in [7, 11) is 0. The lowest BCUT2D eigenvalue weighted by Crippen LogP contribution is -2.26. The Bertz CT molecular complexity index is 443. The van der Waals surface area contributed by atoms with Crippen LogP contribution < -0.4 is 5.32 Å². The molecule has 4 heteroatoms. The fraction of sp³-hybridized carbons (Fsp3) is 0.417. The molecule has 0 aromatic carbocycles. The molecule has 2 aromatic rings. The van der Waals surface area contributed by atoms with Gasteiger partial charge in [0.1, 0.15) is 0 Å². The number of aryl methyl sites for hydroxylation is 1. The van der Waals surface area contributed by atoms with Gasteiger partial charge in [-0.15, -0.1) is 11.3 Å². The second kappa shape index (κ2) is 4.29. The topological polar surface area (TPSA) is 40.7 Å². The Balaban J connectivity index is 2.00. The molecule has 0 aliphatic carbocycles. The van der Waals surface area contributed by atoms with E-state index in [1.54, 1.807) is 11.3 Å². The molecule has 0 saturated carbocycles. The van der Waals surface area contributed by atoms with E-state index < -0.39 is 0 Å². The summed E-state index contributed by atoms with van der Waals surface area (Å²) in [5, 5.41) is 5.45. The van der Waals surface area contributed by atoms with E-state index in [1.165, 1.54) is 4.88 Å². The highest BCUT2D eigenvalue weighted by Crippen LogP contribution is 2.27. The van der Waals surface area contributed by atoms with E-state index in [-0.39, 0.29) is 5.41 Å². The third kappa shape index (κ3) is 2.44. The third-order valence-corrected chi connectivity index (χ3v) is 3.82. The van der Waals surface area contributed by atoms with E-state index in [4.69, 9.17) is 0 Å². The predicted octanol–water partition coefficient (Wildman–Crippen LogP) is 3.17. The number of aromatic amines is 1. The number of imidazole rings is 1. The number of H-pyrrole nitrogens is 1. The molecule has 0 saturated heterocycles. The first-order valence-electron chi connectivity index (χ1n) is 5.37. The Morgan fingerprint density at radius 2 is 2.31 bits per heavy atom. The maximum absolute atomic E-state index is 4.24. The number of nitrogens with zero attached hydrogens (tertiary/aromatic N) is 1. The van der Waals surface area contributed by atoms with Crippen LogP contribution in [-0.2, 0) is 5.41 Å². The summed E-state index contributed by atoms with van der Waals surface area (Å²) in [6.45, 7) is 7.35. The lowest BCUT2D eigenvalue weighted by Gasteiger charge is -2.23. The molecular formula is C12H17N3S. The molecule has 0 aliphatic heterocycles. The molecule has 0 aliphatic rings. The van der Waals surface area contributed by atoms with Crippen LogP contribution in [0.25, 0.3) is 0 Å². The average molecular weight is 235 g/mol. The van der Waals surface area contributed by atoms with Gasteiger partial charge in [-0.3, -0.25) is 0 Å². The van der Waals surface area contributed by atoms with Crippen LogP contribution in [0.15, 0.2) is 23.7 Å². The van der Waals surface area contributed by atoms with Gasteiger partial charge in [0.2, 0.25) is 0 Å². The maximum Gasteiger partial charge on any atom is 0.200 e. The Labute approximate surface area is 99.9 Å². The van der Waals surface area contributed by atoms with Crippen LogP contribution in [0.5, 0.6) is 0 Å². The van der Waals surface area contributed by atoms with Gasteiger partial charge >= 0.3 is 0 Å². The fourth-order valence-corrected chi connectivity index (χ4v) is 2.41. The van der Waals surface area contributed by atoms with Gasteiger partial charge in [0, 0.05) is 28.7 Å². The Morgan fingerprint density at radius 3 is 2.88 bits per heavy atom. The number of aromatic nitrogens is 2. The minimum absolute atomic E-state index is 0.134. The summed E-state index contributed by atoms with van der Waals surface area (Å²) >= 11 is 1.80. The minimum atomic E-state index is 0.134. The van der Waals surface area contributed by atoms with Crippen molar-refractivity contribution in [1.82, 2.24) is 9.97 Å². The molecular weight excluding hydrogens is 218 g/mol. The summed E-state index contributed by atoms with van der Waals surface area (Å²) in [6.07, 6.45) is 1.83. The molecule has 0 amide bonds. The first kappa shape index (κ1) is 11.2. The lowest BCUT2D eigenvalue weighted by atomic mass is 9.91. The van der Waals surface area contributed by atoms with Crippen LogP contribution >= 0.6 is 11.3 Å². The summed E-state index contributed by atoms with van der Waals surface area (Å²) in [5.41, 5.74) is 1.21. The number of anilines is 1. The Hall–Kier alpha value is -1.29. The zero-order valence-electron chi connectivity index (χ0n) is 9.87. The van der Waals surface area contributed by atoms with E-state index >= 15 is 0 Å². The zero-order valence-corrected chi connectivity index (χ0v) is 10.7. The summed E-state index contributed by atoms with van der Waals surface area (Å²) < 4.78 is 0. The van der Waals surface area contributed by atoms with Crippen LogP contribution in [0.2, 0.25) is 0 Å². The van der Waals surface area contributed by atoms with Crippen LogP contribution in [0.3, 0.4) is 0 Å². The minimum Gasteiger partial charge on any atom is -0.355 e. The number of hydrogen-bond acceptors (Lipinski definition) is 3. The van der Waals surface area contributed by atoms with Crippen molar-refractivity contribution >= 4 is 17.3 Å². The molecule has 2 heterocycles. The molecule has 86 valence electrons. The summed E-state index contributed by atoms with van der Waals surface area (Å²) in [6, 6.07) is 4.28. The summed E-state index contributed by atoms with van der Waals surface area (Å²) in [4.78, 5) is 8.80. The van der Waals surface area contributed by atoms with Gasteiger partial charge in [-0.25, -0.2) is 4.98 Å². The van der Waals surface area contributed by atoms with E-state index in [9.17, 15) is 0 Å². The molecule has 0 radical (unpaired) electrons. The van der Waals surface area contributed by atoms with Gasteiger partial charge in [0.15, 0.2) is 5.95 Å². The lowest BCUT2D eigenvalue weighted by molar-refractivity contribution is 0.567. The van der Waals surface area contributed by atoms with Crippen LogP contribution in [0.4, 0.5) is 5.95 Å². The van der Waals surface area contributed by atoms with Crippen molar-refractivity contribution in [1.29, 1.82) is 0 Å². The normalized spacial score (nSPS) is 11.7. The van der Waals surface area contributed by atoms with E-state index in [2.05, 4.69) is 46.6 Å². The van der Waals surface area contributed by atoms with Gasteiger partial charge in [0.05, 0.1) is 0 Å². The van der Waals surface area contributed by atoms with Crippen molar-refractivity contribution < 1.29 is 0 Å². The Kier molecular flexibility index (Phi) is 3.01. The quantitative estimate of drug-likeness (QED) is 0.854. The van der Waals surface area contributed by atoms with Gasteiger partial charge in [0.25, 0.3) is 0 Å². The molecule has 0 unspecified atom stereocenters. The van der Waals surface area contributed by atoms with Crippen molar-refractivity contribution in [3.63, 3.8) is 0 Å². The predicted molar refractivity (Wildman–Crippen MR) is 69.2 cm³/mol. The zero-order chi connectivity index (χ0) is 11.6. The SMILES string of the molecule is Cc1cnc(NCC(C)(C)c2cccs2)[nH]1. The second-order valence-corrected chi connectivity index (χ2v) is 5.58. The number of hydrogen-bond donors (Lipinski definition) is 2. The largest absolute Gasteiger partial charge is 0.355 e. The van der Waals surface area contributed by atoms with Crippen molar-refractivity contribution in [2.45, 2.75) is 26.2 Å². The van der Waals surface area contributed by atoms with Crippen LogP contribution in [0.1, 0.15) is 24.4 Å². The smallest absolute Gasteiger partial charge is 0.200 e. The highest BCUT2D eigenvalue weighted by atomic mass is 32.1. The molecule has 0 atom stereocenters. The van der Waals surface area contributed by atoms with Crippen molar-refractivity contribution in [3.05, 3.63) is 34.3 Å². The van der Waals surface area contributed by atoms with E-state index in [1.807, 2.05) is 13.1 Å². The standard InChI is InChI=1S/C12H17N3S/c1-9-7-13-11(15-9)14-8-12(2,3)10-5-4-6-16-10/h4-7H,8H2,1-3H3,(H2,13,14,15). The number of thiophene rings is 1. The molecule has 2 aromatic heterocycles. The second-order valence-electron chi connectivity index (χ2n) is 4.63. The van der Waals surface area contributed by atoms with Gasteiger partial charge in [-0.2, -0.15) is 0 Å². The fourth-order valence-electron chi connectivity index (χ4n) is 1.56. The molecule has 0 bridgehead atoms. The number of nitrogens with one attached hydrogen (secondary N) is 2. The molecule has 0 spiro atoms. The number of rotatable bonds is 4. The molecule has 16 heavy (non-hydrogen) atoms. The maximum atomic E-state index is 4.24. The van der Waals surface area contributed by atoms with Gasteiger partial charge < -0.3 is 10.3 Å². The van der Waals surface area contributed by atoms with Crippen molar-refractivity contribution in [3.8, 4) is 0 Å². The van der Waals surface area contributed by atoms with E-state index in [0.717, 1.165) is 18.2 Å². The summed E-state index contributed by atoms with van der Waals surface area (Å²) in [5.74, 6) is 0.849.